The maximum atomic E-state index is 12.8. The van der Waals surface area contributed by atoms with E-state index >= 15 is 0 Å². The van der Waals surface area contributed by atoms with E-state index in [4.69, 9.17) is 4.74 Å². The molecule has 0 radical (unpaired) electrons. The highest BCUT2D eigenvalue weighted by atomic mass is 19.4. The summed E-state index contributed by atoms with van der Waals surface area (Å²) in [6.07, 6.45) is 0. The van der Waals surface area contributed by atoms with Crippen molar-refractivity contribution in [3.05, 3.63) is 41.6 Å². The van der Waals surface area contributed by atoms with E-state index in [0.29, 0.717) is 5.56 Å². The topological polar surface area (TPSA) is 9.23 Å². The van der Waals surface area contributed by atoms with Gasteiger partial charge >= 0.3 is 6.98 Å². The first-order chi connectivity index (χ1) is 7.30. The van der Waals surface area contributed by atoms with E-state index in [9.17, 15) is 17.3 Å². The molecule has 0 heterocycles. The summed E-state index contributed by atoms with van der Waals surface area (Å²) in [4.78, 5) is 0. The molecule has 0 aromatic heterocycles. The van der Waals surface area contributed by atoms with Crippen molar-refractivity contribution < 1.29 is 22.1 Å². The maximum absolute atomic E-state index is 12.8. The van der Waals surface area contributed by atoms with Crippen LogP contribution in [0.5, 0.6) is 5.75 Å². The van der Waals surface area contributed by atoms with Crippen molar-refractivity contribution in [2.75, 3.05) is 6.61 Å². The summed E-state index contributed by atoms with van der Waals surface area (Å²) in [5, 5.41) is 0. The average Bonchev–Trinajstić information content (AvgIpc) is 2.17. The van der Waals surface area contributed by atoms with Crippen LogP contribution in [0.3, 0.4) is 0 Å². The molecule has 0 spiro atoms. The zero-order valence-corrected chi connectivity index (χ0v) is 8.64. The summed E-state index contributed by atoms with van der Waals surface area (Å²) >= 11 is 0. The minimum atomic E-state index is -5.10. The van der Waals surface area contributed by atoms with Crippen LogP contribution in [-0.4, -0.2) is 13.6 Å². The lowest BCUT2D eigenvalue weighted by atomic mass is 9.81. The van der Waals surface area contributed by atoms with E-state index < -0.39 is 24.9 Å². The van der Waals surface area contributed by atoms with Gasteiger partial charge in [-0.3, -0.25) is 0 Å². The second-order valence-corrected chi connectivity index (χ2v) is 3.43. The second-order valence-electron chi connectivity index (χ2n) is 3.43. The lowest BCUT2D eigenvalue weighted by Crippen LogP contribution is -2.23. The molecule has 0 saturated carbocycles. The molecule has 0 atom stereocenters. The van der Waals surface area contributed by atoms with Gasteiger partial charge in [-0.2, -0.15) is 0 Å². The molecule has 1 aromatic rings. The predicted octanol–water partition coefficient (Wildman–Crippen LogP) is 3.46. The van der Waals surface area contributed by atoms with E-state index in [-0.39, 0.29) is 5.75 Å². The fourth-order valence-corrected chi connectivity index (χ4v) is 0.994. The van der Waals surface area contributed by atoms with Gasteiger partial charge in [0.1, 0.15) is 11.6 Å². The lowest BCUT2D eigenvalue weighted by molar-refractivity contribution is 0.342. The predicted molar refractivity (Wildman–Crippen MR) is 54.9 cm³/mol. The molecule has 1 nitrogen and oxygen atoms in total. The fourth-order valence-electron chi connectivity index (χ4n) is 0.994. The molecule has 1 aromatic carbocycles. The average molecular weight is 233 g/mol. The quantitative estimate of drug-likeness (QED) is 0.571. The Morgan fingerprint density at radius 1 is 1.38 bits per heavy atom. The Hall–Kier alpha value is -1.46. The van der Waals surface area contributed by atoms with Gasteiger partial charge in [0, 0.05) is 6.07 Å². The standard InChI is InChI=1S/C10H10BF4O/c1-7-3-4-9(12)5-10(7)16-6-8(2)11(13,14)15/h3-5H,2,6H2,1H3/q-1. The van der Waals surface area contributed by atoms with Crippen LogP contribution >= 0.6 is 0 Å². The minimum Gasteiger partial charge on any atom is -0.492 e. The van der Waals surface area contributed by atoms with Crippen molar-refractivity contribution in [3.63, 3.8) is 0 Å². The highest BCUT2D eigenvalue weighted by Crippen LogP contribution is 2.22. The van der Waals surface area contributed by atoms with Crippen molar-refractivity contribution in [1.82, 2.24) is 0 Å². The van der Waals surface area contributed by atoms with Crippen LogP contribution < -0.4 is 4.74 Å². The second kappa shape index (κ2) is 4.59. The Balaban J connectivity index is 2.68. The van der Waals surface area contributed by atoms with E-state index in [0.717, 1.165) is 6.07 Å². The van der Waals surface area contributed by atoms with Crippen molar-refractivity contribution in [2.24, 2.45) is 0 Å². The van der Waals surface area contributed by atoms with E-state index in [1.165, 1.54) is 12.1 Å². The van der Waals surface area contributed by atoms with Crippen LogP contribution in [0.2, 0.25) is 0 Å². The van der Waals surface area contributed by atoms with Crippen LogP contribution in [0.15, 0.2) is 30.3 Å². The van der Waals surface area contributed by atoms with Gasteiger partial charge < -0.3 is 17.7 Å². The van der Waals surface area contributed by atoms with Crippen LogP contribution in [0, 0.1) is 12.7 Å². The summed E-state index contributed by atoms with van der Waals surface area (Å²) < 4.78 is 54.1. The molecule has 6 heteroatoms. The summed E-state index contributed by atoms with van der Waals surface area (Å²) in [5.41, 5.74) is -0.368. The zero-order valence-electron chi connectivity index (χ0n) is 8.64. The van der Waals surface area contributed by atoms with Crippen molar-refractivity contribution in [1.29, 1.82) is 0 Å². The molecule has 0 fully saturated rings. The third kappa shape index (κ3) is 3.29. The number of aryl methyl sites for hydroxylation is 1. The summed E-state index contributed by atoms with van der Waals surface area (Å²) in [6, 6.07) is 3.70. The number of ether oxygens (including phenoxy) is 1. The Kier molecular flexibility index (Phi) is 3.62. The Morgan fingerprint density at radius 2 is 2.00 bits per heavy atom. The highest BCUT2D eigenvalue weighted by Gasteiger charge is 2.27. The zero-order chi connectivity index (χ0) is 12.3. The van der Waals surface area contributed by atoms with Crippen molar-refractivity contribution >= 4 is 6.98 Å². The van der Waals surface area contributed by atoms with Crippen LogP contribution in [0.1, 0.15) is 5.56 Å². The molecule has 0 saturated heterocycles. The number of hydrogen-bond donors (Lipinski definition) is 0. The summed E-state index contributed by atoms with van der Waals surface area (Å²) in [5.74, 6) is -0.454. The van der Waals surface area contributed by atoms with E-state index in [1.807, 2.05) is 0 Å². The number of halogens is 4. The lowest BCUT2D eigenvalue weighted by Gasteiger charge is -2.18. The minimum absolute atomic E-state index is 0.0983. The number of rotatable bonds is 4. The van der Waals surface area contributed by atoms with Crippen LogP contribution in [0.25, 0.3) is 0 Å². The van der Waals surface area contributed by atoms with Gasteiger partial charge in [-0.15, -0.1) is 12.1 Å². The largest absolute Gasteiger partial charge is 0.508 e. The molecule has 0 aliphatic heterocycles. The van der Waals surface area contributed by atoms with Gasteiger partial charge in [-0.05, 0) is 18.6 Å². The summed E-state index contributed by atoms with van der Waals surface area (Å²) in [6.45, 7) is -1.28. The maximum Gasteiger partial charge on any atom is 0.508 e. The number of hydrogen-bond acceptors (Lipinski definition) is 1. The molecule has 0 aliphatic carbocycles. The van der Waals surface area contributed by atoms with Gasteiger partial charge in [-0.1, -0.05) is 6.07 Å². The van der Waals surface area contributed by atoms with Gasteiger partial charge in [-0.25, -0.2) is 4.39 Å². The highest BCUT2D eigenvalue weighted by molar-refractivity contribution is 6.66. The molecule has 0 aliphatic rings. The Bertz CT molecular complexity index is 400. The third-order valence-electron chi connectivity index (χ3n) is 2.03. The summed E-state index contributed by atoms with van der Waals surface area (Å²) in [7, 11) is 0. The first kappa shape index (κ1) is 12.6. The molecular weight excluding hydrogens is 223 g/mol. The molecule has 0 N–H and O–H groups in total. The smallest absolute Gasteiger partial charge is 0.492 e. The van der Waals surface area contributed by atoms with Gasteiger partial charge in [0.2, 0.25) is 0 Å². The first-order valence-electron chi connectivity index (χ1n) is 4.57. The van der Waals surface area contributed by atoms with Crippen LogP contribution in [0.4, 0.5) is 17.3 Å². The normalized spacial score (nSPS) is 11.3. The molecule has 88 valence electrons. The van der Waals surface area contributed by atoms with Crippen molar-refractivity contribution in [2.45, 2.75) is 6.92 Å². The van der Waals surface area contributed by atoms with E-state index in [1.54, 1.807) is 6.92 Å². The molecule has 0 unspecified atom stereocenters. The molecule has 1 rings (SSSR count). The van der Waals surface area contributed by atoms with Crippen LogP contribution in [-0.2, 0) is 0 Å². The molecule has 0 amide bonds. The van der Waals surface area contributed by atoms with Gasteiger partial charge in [0.25, 0.3) is 0 Å². The van der Waals surface area contributed by atoms with Crippen molar-refractivity contribution in [3.8, 4) is 5.75 Å². The molecule has 16 heavy (non-hydrogen) atoms. The Morgan fingerprint density at radius 3 is 2.56 bits per heavy atom. The van der Waals surface area contributed by atoms with E-state index in [2.05, 4.69) is 6.58 Å². The Labute approximate surface area is 90.8 Å². The monoisotopic (exact) mass is 233 g/mol. The van der Waals surface area contributed by atoms with Gasteiger partial charge in [0.05, 0.1) is 6.61 Å². The fraction of sp³-hybridized carbons (Fsp3) is 0.200. The molecular formula is C10H10BF4O-. The first-order valence-corrected chi connectivity index (χ1v) is 4.57. The molecule has 0 bridgehead atoms. The third-order valence-corrected chi connectivity index (χ3v) is 2.03. The van der Waals surface area contributed by atoms with Gasteiger partial charge in [0.15, 0.2) is 0 Å². The number of benzene rings is 1. The SMILES string of the molecule is C=C(COc1cc(F)ccc1C)[B-](F)(F)F.